The van der Waals surface area contributed by atoms with Crippen LogP contribution >= 0.6 is 0 Å². The standard InChI is InChI=1S/C10H8N2O5/c13-9-8(11-10(14)17-9)5-6-1-3-7(4-2-6)12(15)16/h1-4,8H,5H2,(H,11,14). The van der Waals surface area contributed by atoms with Gasteiger partial charge in [-0.2, -0.15) is 0 Å². The lowest BCUT2D eigenvalue weighted by Crippen LogP contribution is -2.30. The van der Waals surface area contributed by atoms with Crippen LogP contribution in [0.1, 0.15) is 5.56 Å². The second kappa shape index (κ2) is 4.20. The van der Waals surface area contributed by atoms with E-state index in [-0.39, 0.29) is 12.1 Å². The zero-order chi connectivity index (χ0) is 12.4. The highest BCUT2D eigenvalue weighted by Crippen LogP contribution is 2.14. The Balaban J connectivity index is 2.07. The maximum absolute atomic E-state index is 11.2. The van der Waals surface area contributed by atoms with Crippen molar-refractivity contribution in [3.63, 3.8) is 0 Å². The summed E-state index contributed by atoms with van der Waals surface area (Å²) in [5, 5.41) is 12.8. The van der Waals surface area contributed by atoms with Crippen LogP contribution < -0.4 is 5.32 Å². The van der Waals surface area contributed by atoms with Crippen LogP contribution in [0.2, 0.25) is 0 Å². The first kappa shape index (κ1) is 11.1. The summed E-state index contributed by atoms with van der Waals surface area (Å²) in [5.41, 5.74) is 0.687. The third-order valence-electron chi connectivity index (χ3n) is 2.36. The minimum absolute atomic E-state index is 0.0215. The second-order valence-corrected chi connectivity index (χ2v) is 3.53. The molecule has 0 spiro atoms. The number of alkyl carbamates (subject to hydrolysis) is 1. The molecule has 17 heavy (non-hydrogen) atoms. The molecule has 0 bridgehead atoms. The Morgan fingerprint density at radius 2 is 1.94 bits per heavy atom. The van der Waals surface area contributed by atoms with Gasteiger partial charge in [0.15, 0.2) is 0 Å². The number of cyclic esters (lactones) is 2. The number of nitro benzene ring substituents is 1. The smallest absolute Gasteiger partial charge is 0.375 e. The molecule has 7 heteroatoms. The number of rotatable bonds is 3. The first-order valence-corrected chi connectivity index (χ1v) is 4.82. The molecular weight excluding hydrogens is 228 g/mol. The highest BCUT2D eigenvalue weighted by molar-refractivity contribution is 5.95. The Bertz CT molecular complexity index is 482. The van der Waals surface area contributed by atoms with Gasteiger partial charge in [0.1, 0.15) is 6.04 Å². The number of ether oxygens (including phenoxy) is 1. The van der Waals surface area contributed by atoms with Gasteiger partial charge in [0.2, 0.25) is 0 Å². The molecule has 1 fully saturated rings. The van der Waals surface area contributed by atoms with E-state index >= 15 is 0 Å². The van der Waals surface area contributed by atoms with Crippen LogP contribution in [-0.4, -0.2) is 23.0 Å². The molecule has 1 unspecified atom stereocenters. The van der Waals surface area contributed by atoms with E-state index in [9.17, 15) is 19.7 Å². The number of nitrogens with zero attached hydrogens (tertiary/aromatic N) is 1. The third-order valence-corrected chi connectivity index (χ3v) is 2.36. The van der Waals surface area contributed by atoms with Gasteiger partial charge in [-0.05, 0) is 5.56 Å². The molecule has 88 valence electrons. The molecule has 1 aliphatic rings. The van der Waals surface area contributed by atoms with E-state index in [0.717, 1.165) is 0 Å². The van der Waals surface area contributed by atoms with Crippen molar-refractivity contribution in [2.24, 2.45) is 0 Å². The zero-order valence-electron chi connectivity index (χ0n) is 8.58. The van der Waals surface area contributed by atoms with Gasteiger partial charge in [0, 0.05) is 18.6 Å². The Labute approximate surface area is 95.5 Å². The Kier molecular flexibility index (Phi) is 2.73. The molecular formula is C10H8N2O5. The molecule has 1 amide bonds. The van der Waals surface area contributed by atoms with E-state index in [1.165, 1.54) is 24.3 Å². The van der Waals surface area contributed by atoms with Crippen LogP contribution in [0.3, 0.4) is 0 Å². The molecule has 1 saturated heterocycles. The van der Waals surface area contributed by atoms with Gasteiger partial charge in [-0.15, -0.1) is 0 Å². The number of amides is 1. The fourth-order valence-corrected chi connectivity index (χ4v) is 1.52. The third kappa shape index (κ3) is 2.39. The zero-order valence-corrected chi connectivity index (χ0v) is 8.58. The van der Waals surface area contributed by atoms with Crippen molar-refractivity contribution in [1.82, 2.24) is 5.32 Å². The van der Waals surface area contributed by atoms with Crippen molar-refractivity contribution < 1.29 is 19.2 Å². The van der Waals surface area contributed by atoms with Gasteiger partial charge in [0.25, 0.3) is 5.69 Å². The molecule has 1 aromatic rings. The summed E-state index contributed by atoms with van der Waals surface area (Å²) in [6.45, 7) is 0. The molecule has 0 aromatic heterocycles. The summed E-state index contributed by atoms with van der Waals surface area (Å²) in [6, 6.07) is 5.05. The number of hydrogen-bond donors (Lipinski definition) is 1. The van der Waals surface area contributed by atoms with E-state index in [1.807, 2.05) is 0 Å². The second-order valence-electron chi connectivity index (χ2n) is 3.53. The quantitative estimate of drug-likeness (QED) is 0.361. The fourth-order valence-electron chi connectivity index (χ4n) is 1.52. The van der Waals surface area contributed by atoms with Crippen LogP contribution in [-0.2, 0) is 16.0 Å². The topological polar surface area (TPSA) is 98.5 Å². The summed E-state index contributed by atoms with van der Waals surface area (Å²) < 4.78 is 4.31. The van der Waals surface area contributed by atoms with Crippen molar-refractivity contribution in [3.05, 3.63) is 39.9 Å². The summed E-state index contributed by atoms with van der Waals surface area (Å²) >= 11 is 0. The number of esters is 1. The van der Waals surface area contributed by atoms with Crippen molar-refractivity contribution in [1.29, 1.82) is 0 Å². The largest absolute Gasteiger partial charge is 0.415 e. The Hall–Kier alpha value is -2.44. The van der Waals surface area contributed by atoms with Gasteiger partial charge in [-0.3, -0.25) is 10.1 Å². The molecule has 0 radical (unpaired) electrons. The maximum Gasteiger partial charge on any atom is 0.415 e. The average Bonchev–Trinajstić information content (AvgIpc) is 2.58. The summed E-state index contributed by atoms with van der Waals surface area (Å²) in [5.74, 6) is -0.631. The van der Waals surface area contributed by atoms with Crippen LogP contribution in [0.25, 0.3) is 0 Å². The molecule has 1 N–H and O–H groups in total. The molecule has 1 atom stereocenters. The number of hydrogen-bond acceptors (Lipinski definition) is 5. The van der Waals surface area contributed by atoms with Gasteiger partial charge >= 0.3 is 12.1 Å². The van der Waals surface area contributed by atoms with Gasteiger partial charge < -0.3 is 10.1 Å². The van der Waals surface area contributed by atoms with Crippen molar-refractivity contribution in [2.45, 2.75) is 12.5 Å². The molecule has 2 rings (SSSR count). The van der Waals surface area contributed by atoms with E-state index in [4.69, 9.17) is 0 Å². The fraction of sp³-hybridized carbons (Fsp3) is 0.200. The van der Waals surface area contributed by atoms with Crippen LogP contribution in [0.4, 0.5) is 10.5 Å². The van der Waals surface area contributed by atoms with Gasteiger partial charge in [-0.1, -0.05) is 12.1 Å². The van der Waals surface area contributed by atoms with E-state index < -0.39 is 23.0 Å². The number of carbonyl (C=O) groups is 2. The van der Waals surface area contributed by atoms with E-state index in [0.29, 0.717) is 5.56 Å². The molecule has 0 saturated carbocycles. The monoisotopic (exact) mass is 236 g/mol. The Morgan fingerprint density at radius 1 is 1.29 bits per heavy atom. The van der Waals surface area contributed by atoms with Crippen LogP contribution in [0, 0.1) is 10.1 Å². The summed E-state index contributed by atoms with van der Waals surface area (Å²) in [4.78, 5) is 31.8. The lowest BCUT2D eigenvalue weighted by molar-refractivity contribution is -0.384. The molecule has 1 heterocycles. The van der Waals surface area contributed by atoms with Crippen molar-refractivity contribution >= 4 is 17.7 Å². The lowest BCUT2D eigenvalue weighted by Gasteiger charge is -2.04. The SMILES string of the molecule is O=C1NC(Cc2ccc([N+](=O)[O-])cc2)C(=O)O1. The normalized spacial score (nSPS) is 18.7. The number of nitrogens with one attached hydrogen (secondary N) is 1. The van der Waals surface area contributed by atoms with Crippen molar-refractivity contribution in [2.75, 3.05) is 0 Å². The van der Waals surface area contributed by atoms with Crippen LogP contribution in [0.15, 0.2) is 24.3 Å². The molecule has 1 aromatic carbocycles. The first-order chi connectivity index (χ1) is 8.06. The first-order valence-electron chi connectivity index (χ1n) is 4.82. The highest BCUT2D eigenvalue weighted by atomic mass is 16.6. The molecule has 0 aliphatic carbocycles. The van der Waals surface area contributed by atoms with E-state index in [1.54, 1.807) is 0 Å². The minimum Gasteiger partial charge on any atom is -0.375 e. The number of benzene rings is 1. The van der Waals surface area contributed by atoms with E-state index in [2.05, 4.69) is 10.1 Å². The van der Waals surface area contributed by atoms with Gasteiger partial charge in [0.05, 0.1) is 4.92 Å². The molecule has 7 nitrogen and oxygen atoms in total. The Morgan fingerprint density at radius 3 is 2.41 bits per heavy atom. The molecule has 1 aliphatic heterocycles. The van der Waals surface area contributed by atoms with Gasteiger partial charge in [-0.25, -0.2) is 9.59 Å². The van der Waals surface area contributed by atoms with Crippen LogP contribution in [0.5, 0.6) is 0 Å². The predicted molar refractivity (Wildman–Crippen MR) is 55.2 cm³/mol. The lowest BCUT2D eigenvalue weighted by atomic mass is 10.1. The van der Waals surface area contributed by atoms with Crippen molar-refractivity contribution in [3.8, 4) is 0 Å². The highest BCUT2D eigenvalue weighted by Gasteiger charge is 2.32. The average molecular weight is 236 g/mol. The number of carbonyl (C=O) groups excluding carboxylic acids is 2. The maximum atomic E-state index is 11.2. The summed E-state index contributed by atoms with van der Waals surface area (Å²) in [7, 11) is 0. The number of nitro groups is 1. The summed E-state index contributed by atoms with van der Waals surface area (Å²) in [6.07, 6.45) is -0.510. The predicted octanol–water partition coefficient (Wildman–Crippen LogP) is 0.772. The minimum atomic E-state index is -0.762. The number of non-ortho nitro benzene ring substituents is 1.